The maximum Gasteiger partial charge on any atom is 0.303 e. The fourth-order valence-corrected chi connectivity index (χ4v) is 2.57. The molecule has 0 aliphatic carbocycles. The van der Waals surface area contributed by atoms with Crippen LogP contribution in [-0.2, 0) is 9.59 Å². The molecule has 0 fully saturated rings. The standard InChI is InChI=1S/C16H14Cl2N4O5/c1-22(11-3-2-8(17)6-10(11)18)15(27)9-7-19-16(21-14(9)26)20-12(23)4-5-13(24)25/h2-3,6-7H,4-5H2,1H3,(H,24,25)(H2,19,20,21,23,26). The summed E-state index contributed by atoms with van der Waals surface area (Å²) in [7, 11) is 1.44. The molecule has 1 aromatic heterocycles. The Bertz CT molecular complexity index is 906. The fourth-order valence-electron chi connectivity index (χ4n) is 2.03. The topological polar surface area (TPSA) is 133 Å². The second-order valence-electron chi connectivity index (χ2n) is 5.33. The van der Waals surface area contributed by atoms with Gasteiger partial charge >= 0.3 is 5.97 Å². The molecule has 0 atom stereocenters. The lowest BCUT2D eigenvalue weighted by molar-refractivity contribution is -0.138. The second kappa shape index (κ2) is 8.65. The molecule has 9 nitrogen and oxygen atoms in total. The molecule has 2 amide bonds. The molecule has 0 saturated carbocycles. The van der Waals surface area contributed by atoms with E-state index in [1.807, 2.05) is 0 Å². The number of rotatable bonds is 6. The number of carbonyl (C=O) groups is 3. The molecule has 0 unspecified atom stereocenters. The first-order valence-electron chi connectivity index (χ1n) is 7.49. The molecular weight excluding hydrogens is 399 g/mol. The number of hydrogen-bond acceptors (Lipinski definition) is 6. The number of amides is 2. The third-order valence-electron chi connectivity index (χ3n) is 3.39. The van der Waals surface area contributed by atoms with Crippen LogP contribution in [0.25, 0.3) is 0 Å². The molecule has 0 aliphatic heterocycles. The van der Waals surface area contributed by atoms with Crippen LogP contribution in [0.3, 0.4) is 0 Å². The number of carbonyl (C=O) groups excluding carboxylic acids is 2. The predicted octanol–water partition coefficient (Wildman–Crippen LogP) is 2.57. The van der Waals surface area contributed by atoms with Crippen molar-refractivity contribution in [3.63, 3.8) is 0 Å². The fraction of sp³-hybridized carbons (Fsp3) is 0.188. The summed E-state index contributed by atoms with van der Waals surface area (Å²) in [6, 6.07) is 4.56. The van der Waals surface area contributed by atoms with Crippen molar-refractivity contribution in [2.75, 3.05) is 17.3 Å². The van der Waals surface area contributed by atoms with E-state index in [1.54, 1.807) is 6.07 Å². The number of aliphatic carboxylic acids is 1. The van der Waals surface area contributed by atoms with Crippen LogP contribution in [-0.4, -0.2) is 45.0 Å². The minimum Gasteiger partial charge on any atom is -0.493 e. The van der Waals surface area contributed by atoms with Crippen LogP contribution in [0.1, 0.15) is 23.2 Å². The number of carboxylic acids is 1. The van der Waals surface area contributed by atoms with Gasteiger partial charge in [0.2, 0.25) is 17.7 Å². The Balaban J connectivity index is 2.15. The van der Waals surface area contributed by atoms with E-state index >= 15 is 0 Å². The Morgan fingerprint density at radius 1 is 1.22 bits per heavy atom. The van der Waals surface area contributed by atoms with Gasteiger partial charge in [-0.15, -0.1) is 0 Å². The van der Waals surface area contributed by atoms with Gasteiger partial charge < -0.3 is 15.1 Å². The lowest BCUT2D eigenvalue weighted by atomic mass is 10.2. The minimum atomic E-state index is -1.13. The number of aromatic nitrogens is 2. The van der Waals surface area contributed by atoms with Crippen molar-refractivity contribution in [3.05, 3.63) is 40.0 Å². The zero-order valence-corrected chi connectivity index (χ0v) is 15.5. The molecule has 3 N–H and O–H groups in total. The average molecular weight is 413 g/mol. The van der Waals surface area contributed by atoms with Gasteiger partial charge in [-0.3, -0.25) is 19.7 Å². The average Bonchev–Trinajstić information content (AvgIpc) is 2.59. The maximum absolute atomic E-state index is 12.6. The lowest BCUT2D eigenvalue weighted by Gasteiger charge is -2.19. The van der Waals surface area contributed by atoms with Crippen molar-refractivity contribution in [1.82, 2.24) is 9.97 Å². The Morgan fingerprint density at radius 2 is 1.93 bits per heavy atom. The third-order valence-corrected chi connectivity index (χ3v) is 3.93. The summed E-state index contributed by atoms with van der Waals surface area (Å²) in [4.78, 5) is 43.2. The van der Waals surface area contributed by atoms with Crippen molar-refractivity contribution >= 4 is 52.6 Å². The number of carboxylic acid groups (broad SMARTS) is 1. The number of benzene rings is 1. The largest absolute Gasteiger partial charge is 0.493 e. The van der Waals surface area contributed by atoms with Crippen LogP contribution >= 0.6 is 23.2 Å². The highest BCUT2D eigenvalue weighted by Gasteiger charge is 2.21. The molecule has 11 heteroatoms. The van der Waals surface area contributed by atoms with Crippen LogP contribution in [0.2, 0.25) is 10.0 Å². The van der Waals surface area contributed by atoms with Crippen LogP contribution in [0, 0.1) is 0 Å². The molecule has 0 aliphatic rings. The van der Waals surface area contributed by atoms with E-state index in [0.717, 1.165) is 6.20 Å². The van der Waals surface area contributed by atoms with Crippen LogP contribution in [0.5, 0.6) is 5.88 Å². The molecule has 2 rings (SSSR count). The highest BCUT2D eigenvalue weighted by Crippen LogP contribution is 2.29. The lowest BCUT2D eigenvalue weighted by Crippen LogP contribution is -2.27. The van der Waals surface area contributed by atoms with E-state index in [1.165, 1.54) is 24.1 Å². The third kappa shape index (κ3) is 5.28. The van der Waals surface area contributed by atoms with Gasteiger partial charge in [-0.1, -0.05) is 23.2 Å². The monoisotopic (exact) mass is 412 g/mol. The van der Waals surface area contributed by atoms with E-state index in [-0.39, 0.29) is 29.4 Å². The highest BCUT2D eigenvalue weighted by atomic mass is 35.5. The van der Waals surface area contributed by atoms with Gasteiger partial charge in [0, 0.05) is 24.7 Å². The summed E-state index contributed by atoms with van der Waals surface area (Å²) in [6.45, 7) is 0. The van der Waals surface area contributed by atoms with E-state index in [2.05, 4.69) is 15.3 Å². The first-order chi connectivity index (χ1) is 12.7. The minimum absolute atomic E-state index is 0.216. The van der Waals surface area contributed by atoms with E-state index in [4.69, 9.17) is 28.3 Å². The molecule has 0 radical (unpaired) electrons. The van der Waals surface area contributed by atoms with Crippen LogP contribution in [0.4, 0.5) is 11.6 Å². The first kappa shape index (κ1) is 20.4. The Labute approximate surface area is 163 Å². The van der Waals surface area contributed by atoms with Gasteiger partial charge in [0.25, 0.3) is 5.91 Å². The predicted molar refractivity (Wildman–Crippen MR) is 98.4 cm³/mol. The number of nitrogens with zero attached hydrogens (tertiary/aromatic N) is 3. The van der Waals surface area contributed by atoms with Crippen molar-refractivity contribution < 1.29 is 24.6 Å². The van der Waals surface area contributed by atoms with Crippen molar-refractivity contribution in [3.8, 4) is 5.88 Å². The first-order valence-corrected chi connectivity index (χ1v) is 8.25. The summed E-state index contributed by atoms with van der Waals surface area (Å²) < 4.78 is 0. The van der Waals surface area contributed by atoms with Gasteiger partial charge in [0.05, 0.1) is 17.1 Å². The number of nitrogens with one attached hydrogen (secondary N) is 1. The summed E-state index contributed by atoms with van der Waals surface area (Å²) >= 11 is 11.9. The number of anilines is 2. The Morgan fingerprint density at radius 3 is 2.52 bits per heavy atom. The molecule has 2 aromatic rings. The van der Waals surface area contributed by atoms with E-state index in [0.29, 0.717) is 10.7 Å². The molecule has 0 spiro atoms. The molecule has 1 heterocycles. The Hall–Kier alpha value is -2.91. The van der Waals surface area contributed by atoms with Crippen molar-refractivity contribution in [2.45, 2.75) is 12.8 Å². The molecule has 0 saturated heterocycles. The SMILES string of the molecule is CN(C(=O)c1cnc(NC(=O)CCC(=O)O)nc1O)c1ccc(Cl)cc1Cl. The van der Waals surface area contributed by atoms with E-state index < -0.39 is 23.7 Å². The van der Waals surface area contributed by atoms with Crippen LogP contribution in [0.15, 0.2) is 24.4 Å². The molecule has 27 heavy (non-hydrogen) atoms. The van der Waals surface area contributed by atoms with Gasteiger partial charge in [-0.25, -0.2) is 4.98 Å². The number of halogens is 2. The van der Waals surface area contributed by atoms with Gasteiger partial charge in [-0.05, 0) is 18.2 Å². The zero-order valence-electron chi connectivity index (χ0n) is 13.9. The van der Waals surface area contributed by atoms with Gasteiger partial charge in [0.15, 0.2) is 0 Å². The van der Waals surface area contributed by atoms with Gasteiger partial charge in [0.1, 0.15) is 5.56 Å². The number of aromatic hydroxyl groups is 1. The quantitative estimate of drug-likeness (QED) is 0.663. The molecule has 1 aromatic carbocycles. The normalized spacial score (nSPS) is 10.3. The summed E-state index contributed by atoms with van der Waals surface area (Å²) in [6.07, 6.45) is 0.400. The van der Waals surface area contributed by atoms with Gasteiger partial charge in [-0.2, -0.15) is 4.98 Å². The molecular formula is C16H14Cl2N4O5. The number of hydrogen-bond donors (Lipinski definition) is 3. The van der Waals surface area contributed by atoms with E-state index in [9.17, 15) is 19.5 Å². The highest BCUT2D eigenvalue weighted by molar-refractivity contribution is 6.37. The maximum atomic E-state index is 12.6. The summed E-state index contributed by atoms with van der Waals surface area (Å²) in [5.74, 6) is -3.31. The van der Waals surface area contributed by atoms with Crippen molar-refractivity contribution in [1.29, 1.82) is 0 Å². The second-order valence-corrected chi connectivity index (χ2v) is 6.18. The smallest absolute Gasteiger partial charge is 0.303 e. The van der Waals surface area contributed by atoms with Crippen molar-refractivity contribution in [2.24, 2.45) is 0 Å². The summed E-state index contributed by atoms with van der Waals surface area (Å²) in [5.41, 5.74) is 0.142. The molecule has 0 bridgehead atoms. The zero-order chi connectivity index (χ0) is 20.1. The Kier molecular flexibility index (Phi) is 6.54. The molecule has 142 valence electrons. The van der Waals surface area contributed by atoms with Crippen LogP contribution < -0.4 is 10.2 Å². The summed E-state index contributed by atoms with van der Waals surface area (Å²) in [5, 5.41) is 21.4.